The number of nitrogen functional groups attached to an aromatic ring is 1. The van der Waals surface area contributed by atoms with Gasteiger partial charge in [-0.05, 0) is 0 Å². The van der Waals surface area contributed by atoms with Crippen molar-refractivity contribution in [1.29, 1.82) is 0 Å². The quantitative estimate of drug-likeness (QED) is 0.554. The monoisotopic (exact) mass is 237 g/mol. The molecule has 3 amide bonds. The first-order valence-corrected chi connectivity index (χ1v) is 4.88. The smallest absolute Gasteiger partial charge is 0.260 e. The highest BCUT2D eigenvalue weighted by atomic mass is 16.2. The van der Waals surface area contributed by atoms with Crippen molar-refractivity contribution < 1.29 is 14.4 Å². The Bertz CT molecular complexity index is 491. The van der Waals surface area contributed by atoms with Crippen LogP contribution in [0.1, 0.15) is 10.4 Å². The summed E-state index contributed by atoms with van der Waals surface area (Å²) in [4.78, 5) is 35.4. The van der Waals surface area contributed by atoms with Gasteiger partial charge in [0, 0.05) is 7.05 Å². The molecule has 1 aliphatic heterocycles. The molecule has 1 aromatic heterocycles. The minimum Gasteiger partial charge on any atom is -0.383 e. The molecular formula is C9H11N5O3. The van der Waals surface area contributed by atoms with Crippen molar-refractivity contribution in [2.75, 3.05) is 18.8 Å². The van der Waals surface area contributed by atoms with Crippen molar-refractivity contribution in [3.05, 3.63) is 11.8 Å². The van der Waals surface area contributed by atoms with Gasteiger partial charge in [-0.25, -0.2) is 0 Å². The van der Waals surface area contributed by atoms with Crippen molar-refractivity contribution >= 4 is 23.5 Å². The summed E-state index contributed by atoms with van der Waals surface area (Å²) in [6.07, 6.45) is 1.31. The molecule has 0 atom stereocenters. The van der Waals surface area contributed by atoms with Crippen LogP contribution in [0.25, 0.3) is 0 Å². The highest BCUT2D eigenvalue weighted by Crippen LogP contribution is 2.13. The van der Waals surface area contributed by atoms with Gasteiger partial charge in [-0.1, -0.05) is 0 Å². The zero-order valence-electron chi connectivity index (χ0n) is 9.14. The second kappa shape index (κ2) is 3.89. The van der Waals surface area contributed by atoms with E-state index in [0.717, 1.165) is 4.90 Å². The lowest BCUT2D eigenvalue weighted by molar-refractivity contribution is -0.135. The Kier molecular flexibility index (Phi) is 2.54. The fourth-order valence-electron chi connectivity index (χ4n) is 1.56. The molecule has 1 fully saturated rings. The number of anilines is 1. The number of hydrogen-bond acceptors (Lipinski definition) is 5. The van der Waals surface area contributed by atoms with E-state index in [4.69, 9.17) is 5.73 Å². The van der Waals surface area contributed by atoms with E-state index in [1.54, 1.807) is 7.05 Å². The van der Waals surface area contributed by atoms with Gasteiger partial charge in [0.05, 0.1) is 6.20 Å². The maximum atomic E-state index is 12.0. The van der Waals surface area contributed by atoms with Crippen LogP contribution in [-0.4, -0.2) is 45.5 Å². The Labute approximate surface area is 96.4 Å². The molecule has 1 aliphatic rings. The standard InChI is InChI=1S/C9H11N5O3/c1-13-8(10)5(2-11-13)9(17)14-3-6(15)12-7(16)4-14/h2H,3-4,10H2,1H3,(H,12,15,16). The van der Waals surface area contributed by atoms with Crippen molar-refractivity contribution in [3.8, 4) is 0 Å². The van der Waals surface area contributed by atoms with E-state index in [0.29, 0.717) is 0 Å². The lowest BCUT2D eigenvalue weighted by Gasteiger charge is -2.25. The third-order valence-electron chi connectivity index (χ3n) is 2.45. The third-order valence-corrected chi connectivity index (χ3v) is 2.45. The highest BCUT2D eigenvalue weighted by Gasteiger charge is 2.28. The van der Waals surface area contributed by atoms with Crippen LogP contribution in [0.3, 0.4) is 0 Å². The van der Waals surface area contributed by atoms with E-state index >= 15 is 0 Å². The number of imide groups is 1. The number of carbonyl (C=O) groups excluding carboxylic acids is 3. The number of hydrogen-bond donors (Lipinski definition) is 2. The molecule has 17 heavy (non-hydrogen) atoms. The summed E-state index contributed by atoms with van der Waals surface area (Å²) in [6, 6.07) is 0. The summed E-state index contributed by atoms with van der Waals surface area (Å²) in [5.74, 6) is -1.28. The number of carbonyl (C=O) groups is 3. The highest BCUT2D eigenvalue weighted by molar-refractivity contribution is 6.07. The van der Waals surface area contributed by atoms with Crippen LogP contribution in [0.5, 0.6) is 0 Å². The molecule has 1 aromatic rings. The molecule has 0 spiro atoms. The SMILES string of the molecule is Cn1ncc(C(=O)N2CC(=O)NC(=O)C2)c1N. The Morgan fingerprint density at radius 1 is 1.41 bits per heavy atom. The van der Waals surface area contributed by atoms with Gasteiger partial charge in [0.15, 0.2) is 0 Å². The van der Waals surface area contributed by atoms with E-state index in [2.05, 4.69) is 10.4 Å². The number of piperazine rings is 1. The molecular weight excluding hydrogens is 226 g/mol. The molecule has 2 heterocycles. The number of aromatic nitrogens is 2. The van der Waals surface area contributed by atoms with Crippen LogP contribution in [0, 0.1) is 0 Å². The van der Waals surface area contributed by atoms with Crippen molar-refractivity contribution in [2.24, 2.45) is 7.05 Å². The first-order chi connectivity index (χ1) is 7.99. The summed E-state index contributed by atoms with van der Waals surface area (Å²) in [7, 11) is 1.60. The first-order valence-electron chi connectivity index (χ1n) is 4.88. The van der Waals surface area contributed by atoms with E-state index in [1.807, 2.05) is 0 Å². The minimum absolute atomic E-state index is 0.154. The average molecular weight is 237 g/mol. The van der Waals surface area contributed by atoms with E-state index in [-0.39, 0.29) is 24.5 Å². The molecule has 2 rings (SSSR count). The normalized spacial score (nSPS) is 15.9. The summed E-state index contributed by atoms with van der Waals surface area (Å²) in [6.45, 7) is -0.308. The fourth-order valence-corrected chi connectivity index (χ4v) is 1.56. The molecule has 3 N–H and O–H groups in total. The third kappa shape index (κ3) is 1.96. The molecule has 8 nitrogen and oxygen atoms in total. The van der Waals surface area contributed by atoms with Gasteiger partial charge in [0.2, 0.25) is 11.8 Å². The number of nitrogens with two attached hydrogens (primary N) is 1. The maximum Gasteiger partial charge on any atom is 0.260 e. The number of rotatable bonds is 1. The Morgan fingerprint density at radius 3 is 2.47 bits per heavy atom. The molecule has 8 heteroatoms. The second-order valence-corrected chi connectivity index (χ2v) is 3.70. The lowest BCUT2D eigenvalue weighted by Crippen LogP contribution is -2.53. The fraction of sp³-hybridized carbons (Fsp3) is 0.333. The van der Waals surface area contributed by atoms with Crippen molar-refractivity contribution in [2.45, 2.75) is 0 Å². The summed E-state index contributed by atoms with van der Waals surface area (Å²) < 4.78 is 1.35. The van der Waals surface area contributed by atoms with E-state index < -0.39 is 17.7 Å². The predicted octanol–water partition coefficient (Wildman–Crippen LogP) is -1.90. The van der Waals surface area contributed by atoms with Crippen LogP contribution in [-0.2, 0) is 16.6 Å². The molecule has 0 radical (unpaired) electrons. The van der Waals surface area contributed by atoms with Gasteiger partial charge in [-0.2, -0.15) is 5.10 Å². The van der Waals surface area contributed by atoms with Crippen molar-refractivity contribution in [3.63, 3.8) is 0 Å². The summed E-state index contributed by atoms with van der Waals surface area (Å²) in [5.41, 5.74) is 5.84. The largest absolute Gasteiger partial charge is 0.383 e. The molecule has 0 aliphatic carbocycles. The van der Waals surface area contributed by atoms with E-state index in [1.165, 1.54) is 10.9 Å². The van der Waals surface area contributed by atoms with Gasteiger partial charge in [-0.3, -0.25) is 24.4 Å². The molecule has 0 aromatic carbocycles. The van der Waals surface area contributed by atoms with Crippen molar-refractivity contribution in [1.82, 2.24) is 20.0 Å². The number of nitrogens with zero attached hydrogens (tertiary/aromatic N) is 3. The summed E-state index contributed by atoms with van der Waals surface area (Å²) >= 11 is 0. The zero-order valence-corrected chi connectivity index (χ0v) is 9.14. The Balaban J connectivity index is 2.23. The molecule has 90 valence electrons. The Morgan fingerprint density at radius 2 is 2.00 bits per heavy atom. The zero-order chi connectivity index (χ0) is 12.6. The Hall–Kier alpha value is -2.38. The van der Waals surface area contributed by atoms with Gasteiger partial charge < -0.3 is 10.6 Å². The van der Waals surface area contributed by atoms with Crippen LogP contribution in [0.15, 0.2) is 6.20 Å². The molecule has 0 unspecified atom stereocenters. The van der Waals surface area contributed by atoms with Gasteiger partial charge >= 0.3 is 0 Å². The minimum atomic E-state index is -0.503. The van der Waals surface area contributed by atoms with E-state index in [9.17, 15) is 14.4 Å². The number of amides is 3. The number of nitrogens with one attached hydrogen (secondary N) is 1. The van der Waals surface area contributed by atoms with Gasteiger partial charge in [0.1, 0.15) is 24.5 Å². The topological polar surface area (TPSA) is 110 Å². The molecule has 1 saturated heterocycles. The first kappa shape index (κ1) is 11.1. The second-order valence-electron chi connectivity index (χ2n) is 3.70. The number of aryl methyl sites for hydroxylation is 1. The molecule has 0 saturated carbocycles. The predicted molar refractivity (Wildman–Crippen MR) is 56.7 cm³/mol. The van der Waals surface area contributed by atoms with Crippen LogP contribution >= 0.6 is 0 Å². The molecule has 0 bridgehead atoms. The maximum absolute atomic E-state index is 12.0. The lowest BCUT2D eigenvalue weighted by atomic mass is 10.2. The van der Waals surface area contributed by atoms with Gasteiger partial charge in [0.25, 0.3) is 5.91 Å². The van der Waals surface area contributed by atoms with Crippen LogP contribution < -0.4 is 11.1 Å². The van der Waals surface area contributed by atoms with Crippen LogP contribution in [0.4, 0.5) is 5.82 Å². The van der Waals surface area contributed by atoms with Gasteiger partial charge in [-0.15, -0.1) is 0 Å². The van der Waals surface area contributed by atoms with Crippen LogP contribution in [0.2, 0.25) is 0 Å². The summed E-state index contributed by atoms with van der Waals surface area (Å²) in [5, 5.41) is 5.94. The average Bonchev–Trinajstić information content (AvgIpc) is 2.57.